The molecular formula is C17H20N4O4. The van der Waals surface area contributed by atoms with E-state index in [0.717, 1.165) is 10.1 Å². The Labute approximate surface area is 143 Å². The highest BCUT2D eigenvalue weighted by molar-refractivity contribution is 5.83. The minimum atomic E-state index is -0.796. The Morgan fingerprint density at radius 2 is 2.00 bits per heavy atom. The van der Waals surface area contributed by atoms with E-state index in [1.54, 1.807) is 24.4 Å². The van der Waals surface area contributed by atoms with Gasteiger partial charge in [0.05, 0.1) is 17.0 Å². The number of nitrogens with zero attached hydrogens (tertiary/aromatic N) is 2. The molecule has 0 saturated carbocycles. The molecule has 8 nitrogen and oxygen atoms in total. The summed E-state index contributed by atoms with van der Waals surface area (Å²) in [6.45, 7) is 0.789. The van der Waals surface area contributed by atoms with Crippen molar-refractivity contribution in [3.8, 4) is 0 Å². The highest BCUT2D eigenvalue weighted by Gasteiger charge is 2.38. The van der Waals surface area contributed by atoms with E-state index in [1.165, 1.54) is 0 Å². The van der Waals surface area contributed by atoms with Crippen LogP contribution in [0.15, 0.2) is 35.3 Å². The molecule has 2 heterocycles. The Bertz CT molecular complexity index is 855. The summed E-state index contributed by atoms with van der Waals surface area (Å²) in [5, 5.41) is 7.95. The van der Waals surface area contributed by atoms with Crippen LogP contribution in [0.3, 0.4) is 0 Å². The van der Waals surface area contributed by atoms with Crippen molar-refractivity contribution >= 4 is 22.6 Å². The van der Waals surface area contributed by atoms with E-state index < -0.39 is 17.2 Å². The molecule has 1 aliphatic rings. The smallest absolute Gasteiger partial charge is 0.275 e. The number of hydrogen-bond acceptors (Lipinski definition) is 5. The topological polar surface area (TPSA) is 116 Å². The van der Waals surface area contributed by atoms with Gasteiger partial charge in [0.1, 0.15) is 6.54 Å². The summed E-state index contributed by atoms with van der Waals surface area (Å²) in [6.07, 6.45) is 2.49. The molecule has 3 N–H and O–H groups in total. The van der Waals surface area contributed by atoms with Crippen LogP contribution < -0.4 is 16.6 Å². The molecule has 8 heteroatoms. The Hall–Kier alpha value is -2.74. The van der Waals surface area contributed by atoms with Gasteiger partial charge < -0.3 is 15.8 Å². The standard InChI is InChI=1S/C17H20N4O4/c18-16(24)17(5-7-25-8-6-17)11-19-14(22)10-21-15(23)13-4-2-1-3-12(13)9-20-21/h1-4,9H,5-8,10-11H2,(H2,18,24)(H,19,22). The Morgan fingerprint density at radius 1 is 1.28 bits per heavy atom. The molecule has 132 valence electrons. The lowest BCUT2D eigenvalue weighted by atomic mass is 9.79. The molecule has 2 aromatic rings. The Kier molecular flexibility index (Phi) is 4.80. The zero-order valence-electron chi connectivity index (χ0n) is 13.7. The number of primary amides is 1. The summed E-state index contributed by atoms with van der Waals surface area (Å²) in [6, 6.07) is 7.06. The van der Waals surface area contributed by atoms with Crippen molar-refractivity contribution in [3.05, 3.63) is 40.8 Å². The SMILES string of the molecule is NC(=O)C1(CNC(=O)Cn2ncc3ccccc3c2=O)CCOCC1. The predicted octanol–water partition coefficient (Wildman–Crippen LogP) is -0.205. The minimum Gasteiger partial charge on any atom is -0.381 e. The second-order valence-corrected chi connectivity index (χ2v) is 6.23. The van der Waals surface area contributed by atoms with Gasteiger partial charge in [-0.3, -0.25) is 14.4 Å². The number of nitrogens with two attached hydrogens (primary N) is 1. The van der Waals surface area contributed by atoms with E-state index in [2.05, 4.69) is 10.4 Å². The van der Waals surface area contributed by atoms with E-state index in [9.17, 15) is 14.4 Å². The van der Waals surface area contributed by atoms with Crippen LogP contribution in [0.2, 0.25) is 0 Å². The summed E-state index contributed by atoms with van der Waals surface area (Å²) in [5.41, 5.74) is 4.39. The van der Waals surface area contributed by atoms with Crippen LogP contribution in [0, 0.1) is 5.41 Å². The summed E-state index contributed by atoms with van der Waals surface area (Å²) in [5.74, 6) is -0.839. The van der Waals surface area contributed by atoms with Crippen molar-refractivity contribution in [1.29, 1.82) is 0 Å². The third-order valence-electron chi connectivity index (χ3n) is 4.65. The van der Waals surface area contributed by atoms with Gasteiger partial charge in [0.25, 0.3) is 5.56 Å². The molecule has 1 fully saturated rings. The fourth-order valence-electron chi connectivity index (χ4n) is 2.97. The van der Waals surface area contributed by atoms with Gasteiger partial charge in [0.2, 0.25) is 11.8 Å². The van der Waals surface area contributed by atoms with Crippen molar-refractivity contribution in [3.63, 3.8) is 0 Å². The maximum absolute atomic E-state index is 12.4. The van der Waals surface area contributed by atoms with Crippen molar-refractivity contribution in [2.45, 2.75) is 19.4 Å². The van der Waals surface area contributed by atoms with Crippen LogP contribution in [0.4, 0.5) is 0 Å². The zero-order chi connectivity index (χ0) is 17.9. The Balaban J connectivity index is 1.69. The monoisotopic (exact) mass is 344 g/mol. The van der Waals surface area contributed by atoms with E-state index in [0.29, 0.717) is 31.4 Å². The normalized spacial score (nSPS) is 16.5. The number of benzene rings is 1. The van der Waals surface area contributed by atoms with Crippen molar-refractivity contribution in [2.75, 3.05) is 19.8 Å². The number of nitrogens with one attached hydrogen (secondary N) is 1. The second-order valence-electron chi connectivity index (χ2n) is 6.23. The van der Waals surface area contributed by atoms with Crippen LogP contribution in [-0.2, 0) is 20.9 Å². The maximum Gasteiger partial charge on any atom is 0.275 e. The summed E-state index contributed by atoms with van der Waals surface area (Å²) in [7, 11) is 0. The number of amides is 2. The van der Waals surface area contributed by atoms with E-state index in [-0.39, 0.29) is 18.6 Å². The first-order chi connectivity index (χ1) is 12.0. The second kappa shape index (κ2) is 7.02. The van der Waals surface area contributed by atoms with Gasteiger partial charge >= 0.3 is 0 Å². The third-order valence-corrected chi connectivity index (χ3v) is 4.65. The number of fused-ring (bicyclic) bond motifs is 1. The van der Waals surface area contributed by atoms with Gasteiger partial charge in [-0.1, -0.05) is 18.2 Å². The van der Waals surface area contributed by atoms with Crippen LogP contribution in [0.1, 0.15) is 12.8 Å². The van der Waals surface area contributed by atoms with Crippen molar-refractivity contribution < 1.29 is 14.3 Å². The van der Waals surface area contributed by atoms with Gasteiger partial charge in [-0.15, -0.1) is 0 Å². The van der Waals surface area contributed by atoms with E-state index >= 15 is 0 Å². The number of carbonyl (C=O) groups excluding carboxylic acids is 2. The number of ether oxygens (including phenoxy) is 1. The van der Waals surface area contributed by atoms with Crippen LogP contribution >= 0.6 is 0 Å². The molecule has 1 saturated heterocycles. The van der Waals surface area contributed by atoms with Crippen LogP contribution in [0.25, 0.3) is 10.8 Å². The quantitative estimate of drug-likeness (QED) is 0.779. The summed E-state index contributed by atoms with van der Waals surface area (Å²) < 4.78 is 6.37. The predicted molar refractivity (Wildman–Crippen MR) is 90.7 cm³/mol. The van der Waals surface area contributed by atoms with Crippen LogP contribution in [-0.4, -0.2) is 41.4 Å². The van der Waals surface area contributed by atoms with Crippen molar-refractivity contribution in [1.82, 2.24) is 15.1 Å². The molecule has 1 aromatic heterocycles. The lowest BCUT2D eigenvalue weighted by Crippen LogP contribution is -2.50. The fraction of sp³-hybridized carbons (Fsp3) is 0.412. The van der Waals surface area contributed by atoms with Gasteiger partial charge in [-0.05, 0) is 18.9 Å². The highest BCUT2D eigenvalue weighted by atomic mass is 16.5. The molecule has 0 unspecified atom stereocenters. The Morgan fingerprint density at radius 3 is 2.72 bits per heavy atom. The number of carbonyl (C=O) groups is 2. The average molecular weight is 344 g/mol. The molecule has 3 rings (SSSR count). The van der Waals surface area contributed by atoms with E-state index in [1.807, 2.05) is 6.07 Å². The molecule has 0 spiro atoms. The first-order valence-corrected chi connectivity index (χ1v) is 8.11. The maximum atomic E-state index is 12.4. The molecular weight excluding hydrogens is 324 g/mol. The highest BCUT2D eigenvalue weighted by Crippen LogP contribution is 2.29. The summed E-state index contributed by atoms with van der Waals surface area (Å²) >= 11 is 0. The van der Waals surface area contributed by atoms with Gasteiger partial charge in [0.15, 0.2) is 0 Å². The molecule has 1 aliphatic heterocycles. The number of hydrogen-bond donors (Lipinski definition) is 2. The lowest BCUT2D eigenvalue weighted by molar-refractivity contribution is -0.134. The first kappa shape index (κ1) is 17.1. The number of rotatable bonds is 5. The largest absolute Gasteiger partial charge is 0.381 e. The fourth-order valence-corrected chi connectivity index (χ4v) is 2.97. The first-order valence-electron chi connectivity index (χ1n) is 8.11. The molecule has 0 aliphatic carbocycles. The molecule has 0 radical (unpaired) electrons. The van der Waals surface area contributed by atoms with Gasteiger partial charge in [-0.2, -0.15) is 5.10 Å². The van der Waals surface area contributed by atoms with Gasteiger partial charge in [0, 0.05) is 25.1 Å². The average Bonchev–Trinajstić information content (AvgIpc) is 2.63. The lowest BCUT2D eigenvalue weighted by Gasteiger charge is -2.34. The van der Waals surface area contributed by atoms with Gasteiger partial charge in [-0.25, -0.2) is 4.68 Å². The molecule has 0 bridgehead atoms. The molecule has 2 amide bonds. The summed E-state index contributed by atoms with van der Waals surface area (Å²) in [4.78, 5) is 36.4. The molecule has 0 atom stereocenters. The van der Waals surface area contributed by atoms with Crippen LogP contribution in [0.5, 0.6) is 0 Å². The zero-order valence-corrected chi connectivity index (χ0v) is 13.7. The minimum absolute atomic E-state index is 0.132. The van der Waals surface area contributed by atoms with Crippen molar-refractivity contribution in [2.24, 2.45) is 11.1 Å². The van der Waals surface area contributed by atoms with E-state index in [4.69, 9.17) is 10.5 Å². The number of aromatic nitrogens is 2. The third kappa shape index (κ3) is 3.53. The molecule has 25 heavy (non-hydrogen) atoms. The molecule has 1 aromatic carbocycles.